The second-order valence-corrected chi connectivity index (χ2v) is 8.13. The SMILES string of the molecule is CCCCOc1ccc(C(=O)NC(=S)Nc2cc(-c3nc4ccccc4o3)ccc2Cl)cc1. The third-order valence-electron chi connectivity index (χ3n) is 4.87. The van der Waals surface area contributed by atoms with Gasteiger partial charge in [-0.3, -0.25) is 10.1 Å². The molecule has 168 valence electrons. The van der Waals surface area contributed by atoms with E-state index in [-0.39, 0.29) is 11.0 Å². The average Bonchev–Trinajstić information content (AvgIpc) is 3.25. The number of anilines is 1. The summed E-state index contributed by atoms with van der Waals surface area (Å²) in [5.41, 5.74) is 3.18. The van der Waals surface area contributed by atoms with Crippen molar-refractivity contribution < 1.29 is 13.9 Å². The van der Waals surface area contributed by atoms with Crippen LogP contribution in [-0.2, 0) is 0 Å². The van der Waals surface area contributed by atoms with E-state index >= 15 is 0 Å². The Morgan fingerprint density at radius 3 is 2.67 bits per heavy atom. The molecular weight excluding hydrogens is 458 g/mol. The minimum Gasteiger partial charge on any atom is -0.494 e. The molecule has 8 heteroatoms. The number of unbranched alkanes of at least 4 members (excludes halogenated alkanes) is 1. The number of nitrogens with zero attached hydrogens (tertiary/aromatic N) is 1. The molecule has 0 saturated carbocycles. The summed E-state index contributed by atoms with van der Waals surface area (Å²) in [6, 6.07) is 19.7. The molecule has 0 fully saturated rings. The van der Waals surface area contributed by atoms with Crippen molar-refractivity contribution in [2.24, 2.45) is 0 Å². The topological polar surface area (TPSA) is 76.4 Å². The van der Waals surface area contributed by atoms with Crippen LogP contribution in [-0.4, -0.2) is 22.6 Å². The van der Waals surface area contributed by atoms with Crippen molar-refractivity contribution in [3.05, 3.63) is 77.3 Å². The number of rotatable bonds is 7. The average molecular weight is 480 g/mol. The van der Waals surface area contributed by atoms with Crippen LogP contribution >= 0.6 is 23.8 Å². The molecule has 0 bridgehead atoms. The Labute approximate surface area is 201 Å². The number of para-hydroxylation sites is 2. The number of benzene rings is 3. The van der Waals surface area contributed by atoms with Crippen LogP contribution in [0.2, 0.25) is 5.02 Å². The molecule has 0 spiro atoms. The fourth-order valence-corrected chi connectivity index (χ4v) is 3.48. The van der Waals surface area contributed by atoms with Gasteiger partial charge in [0.15, 0.2) is 10.7 Å². The summed E-state index contributed by atoms with van der Waals surface area (Å²) in [7, 11) is 0. The Balaban J connectivity index is 1.41. The molecule has 0 radical (unpaired) electrons. The highest BCUT2D eigenvalue weighted by atomic mass is 35.5. The molecule has 1 amide bonds. The van der Waals surface area contributed by atoms with Gasteiger partial charge in [-0.25, -0.2) is 4.98 Å². The van der Waals surface area contributed by atoms with Crippen LogP contribution in [0.5, 0.6) is 5.75 Å². The minimum atomic E-state index is -0.334. The van der Waals surface area contributed by atoms with Gasteiger partial charge in [0.1, 0.15) is 11.3 Å². The second kappa shape index (κ2) is 10.5. The van der Waals surface area contributed by atoms with Crippen molar-refractivity contribution in [2.75, 3.05) is 11.9 Å². The van der Waals surface area contributed by atoms with Gasteiger partial charge < -0.3 is 14.5 Å². The summed E-state index contributed by atoms with van der Waals surface area (Å²) in [4.78, 5) is 17.1. The van der Waals surface area contributed by atoms with Gasteiger partial charge in [0.05, 0.1) is 17.3 Å². The smallest absolute Gasteiger partial charge is 0.257 e. The highest BCUT2D eigenvalue weighted by Gasteiger charge is 2.13. The normalized spacial score (nSPS) is 10.7. The fourth-order valence-electron chi connectivity index (χ4n) is 3.12. The number of carbonyl (C=O) groups is 1. The number of nitrogens with one attached hydrogen (secondary N) is 2. The Morgan fingerprint density at radius 1 is 1.12 bits per heavy atom. The van der Waals surface area contributed by atoms with E-state index in [2.05, 4.69) is 22.5 Å². The van der Waals surface area contributed by atoms with E-state index in [1.807, 2.05) is 30.3 Å². The van der Waals surface area contributed by atoms with Gasteiger partial charge >= 0.3 is 0 Å². The van der Waals surface area contributed by atoms with Crippen LogP contribution in [0.3, 0.4) is 0 Å². The third-order valence-corrected chi connectivity index (χ3v) is 5.40. The maximum atomic E-state index is 12.6. The summed E-state index contributed by atoms with van der Waals surface area (Å²) in [5.74, 6) is 0.856. The molecule has 6 nitrogen and oxygen atoms in total. The van der Waals surface area contributed by atoms with Gasteiger partial charge in [0.25, 0.3) is 5.91 Å². The van der Waals surface area contributed by atoms with E-state index in [9.17, 15) is 4.79 Å². The first-order chi connectivity index (χ1) is 16.0. The molecule has 1 heterocycles. The molecular formula is C25H22ClN3O3S. The van der Waals surface area contributed by atoms with Gasteiger partial charge in [0.2, 0.25) is 5.89 Å². The number of amides is 1. The summed E-state index contributed by atoms with van der Waals surface area (Å²) in [6.07, 6.45) is 2.05. The van der Waals surface area contributed by atoms with E-state index in [1.165, 1.54) is 0 Å². The zero-order valence-electron chi connectivity index (χ0n) is 17.9. The van der Waals surface area contributed by atoms with E-state index in [1.54, 1.807) is 36.4 Å². The van der Waals surface area contributed by atoms with Gasteiger partial charge in [-0.1, -0.05) is 37.1 Å². The van der Waals surface area contributed by atoms with Gasteiger partial charge in [-0.2, -0.15) is 0 Å². The first kappa shape index (κ1) is 22.8. The van der Waals surface area contributed by atoms with Crippen LogP contribution < -0.4 is 15.4 Å². The van der Waals surface area contributed by atoms with Gasteiger partial charge in [-0.05, 0) is 73.2 Å². The fraction of sp³-hybridized carbons (Fsp3) is 0.160. The molecule has 0 aliphatic carbocycles. The lowest BCUT2D eigenvalue weighted by atomic mass is 10.2. The molecule has 33 heavy (non-hydrogen) atoms. The predicted molar refractivity (Wildman–Crippen MR) is 135 cm³/mol. The Hall–Kier alpha value is -3.42. The van der Waals surface area contributed by atoms with Crippen LogP contribution in [0, 0.1) is 0 Å². The minimum absolute atomic E-state index is 0.125. The van der Waals surface area contributed by atoms with E-state index < -0.39 is 0 Å². The lowest BCUT2D eigenvalue weighted by molar-refractivity contribution is 0.0977. The van der Waals surface area contributed by atoms with Crippen LogP contribution in [0.25, 0.3) is 22.6 Å². The number of thiocarbonyl (C=S) groups is 1. The number of hydrogen-bond donors (Lipinski definition) is 2. The lowest BCUT2D eigenvalue weighted by Crippen LogP contribution is -2.34. The lowest BCUT2D eigenvalue weighted by Gasteiger charge is -2.12. The molecule has 2 N–H and O–H groups in total. The van der Waals surface area contributed by atoms with Crippen LogP contribution in [0.15, 0.2) is 71.1 Å². The highest BCUT2D eigenvalue weighted by molar-refractivity contribution is 7.80. The van der Waals surface area contributed by atoms with Crippen molar-refractivity contribution in [3.8, 4) is 17.2 Å². The van der Waals surface area contributed by atoms with Crippen molar-refractivity contribution >= 4 is 51.6 Å². The summed E-state index contributed by atoms with van der Waals surface area (Å²) in [6.45, 7) is 2.76. The number of hydrogen-bond acceptors (Lipinski definition) is 5. The first-order valence-electron chi connectivity index (χ1n) is 10.5. The number of halogens is 1. The van der Waals surface area contributed by atoms with Crippen molar-refractivity contribution in [3.63, 3.8) is 0 Å². The van der Waals surface area contributed by atoms with Crippen molar-refractivity contribution in [2.45, 2.75) is 19.8 Å². The number of fused-ring (bicyclic) bond motifs is 1. The third kappa shape index (κ3) is 5.69. The molecule has 0 unspecified atom stereocenters. The number of carbonyl (C=O) groups excluding carboxylic acids is 1. The quantitative estimate of drug-likeness (QED) is 0.234. The standard InChI is InChI=1S/C25H22ClN3O3S/c1-2-3-14-31-18-11-8-16(9-12-18)23(30)29-25(33)28-21-15-17(10-13-19(21)26)24-27-20-6-4-5-7-22(20)32-24/h4-13,15H,2-3,14H2,1H3,(H2,28,29,30,33). The molecule has 0 atom stereocenters. The molecule has 0 aliphatic heterocycles. The summed E-state index contributed by atoms with van der Waals surface area (Å²) < 4.78 is 11.4. The molecule has 1 aromatic heterocycles. The van der Waals surface area contributed by atoms with Gasteiger partial charge in [0, 0.05) is 11.1 Å². The second-order valence-electron chi connectivity index (χ2n) is 7.32. The zero-order chi connectivity index (χ0) is 23.2. The molecule has 3 aromatic carbocycles. The van der Waals surface area contributed by atoms with Crippen LogP contribution in [0.4, 0.5) is 5.69 Å². The summed E-state index contributed by atoms with van der Waals surface area (Å²) in [5, 5.41) is 6.21. The number of ether oxygens (including phenoxy) is 1. The Morgan fingerprint density at radius 2 is 1.91 bits per heavy atom. The molecule has 0 saturated heterocycles. The largest absolute Gasteiger partial charge is 0.494 e. The molecule has 4 rings (SSSR count). The first-order valence-corrected chi connectivity index (χ1v) is 11.3. The molecule has 4 aromatic rings. The summed E-state index contributed by atoms with van der Waals surface area (Å²) >= 11 is 11.6. The Bertz CT molecular complexity index is 1250. The van der Waals surface area contributed by atoms with Crippen molar-refractivity contribution in [1.82, 2.24) is 10.3 Å². The van der Waals surface area contributed by atoms with E-state index in [0.717, 1.165) is 29.7 Å². The monoisotopic (exact) mass is 479 g/mol. The zero-order valence-corrected chi connectivity index (χ0v) is 19.5. The molecule has 0 aliphatic rings. The van der Waals surface area contributed by atoms with E-state index in [4.69, 9.17) is 33.0 Å². The van der Waals surface area contributed by atoms with Gasteiger partial charge in [-0.15, -0.1) is 0 Å². The van der Waals surface area contributed by atoms with Crippen molar-refractivity contribution in [1.29, 1.82) is 0 Å². The number of aromatic nitrogens is 1. The maximum Gasteiger partial charge on any atom is 0.257 e. The maximum absolute atomic E-state index is 12.6. The van der Waals surface area contributed by atoms with E-state index in [0.29, 0.717) is 34.4 Å². The van der Waals surface area contributed by atoms with Crippen LogP contribution in [0.1, 0.15) is 30.1 Å². The number of oxazole rings is 1. The predicted octanol–water partition coefficient (Wildman–Crippen LogP) is 6.45. The Kier molecular flexibility index (Phi) is 7.22. The highest BCUT2D eigenvalue weighted by Crippen LogP contribution is 2.30.